The molecule has 324 valence electrons. The van der Waals surface area contributed by atoms with Crippen LogP contribution in [0.25, 0.3) is 0 Å². The first-order chi connectivity index (χ1) is 30.6. The summed E-state index contributed by atoms with van der Waals surface area (Å²) in [6.07, 6.45) is 4.65. The van der Waals surface area contributed by atoms with Gasteiger partial charge in [0.25, 0.3) is 17.7 Å². The van der Waals surface area contributed by atoms with Crippen molar-refractivity contribution >= 4 is 63.6 Å². The van der Waals surface area contributed by atoms with Crippen molar-refractivity contribution in [2.75, 3.05) is 37.7 Å². The number of aliphatic carboxylic acids is 1. The van der Waals surface area contributed by atoms with E-state index in [9.17, 15) is 29.1 Å². The molecule has 5 heterocycles. The van der Waals surface area contributed by atoms with Crippen molar-refractivity contribution < 1.29 is 38.7 Å². The Bertz CT molecular complexity index is 2390. The first kappa shape index (κ1) is 43.1. The fourth-order valence-electron chi connectivity index (χ4n) is 8.56. The summed E-state index contributed by atoms with van der Waals surface area (Å²) in [5, 5.41) is 22.0. The van der Waals surface area contributed by atoms with Crippen LogP contribution in [0.4, 0.5) is 5.13 Å². The highest BCUT2D eigenvalue weighted by Crippen LogP contribution is 2.43. The molecule has 3 aromatic carbocycles. The van der Waals surface area contributed by atoms with Gasteiger partial charge in [0.2, 0.25) is 5.60 Å². The van der Waals surface area contributed by atoms with Gasteiger partial charge in [-0.1, -0.05) is 109 Å². The summed E-state index contributed by atoms with van der Waals surface area (Å²) < 4.78 is 5.43. The van der Waals surface area contributed by atoms with Gasteiger partial charge in [0.15, 0.2) is 10.8 Å². The van der Waals surface area contributed by atoms with Gasteiger partial charge in [-0.05, 0) is 49.9 Å². The fraction of sp³-hybridized carbons (Fsp3) is 0.283. The van der Waals surface area contributed by atoms with Crippen LogP contribution in [-0.2, 0) is 39.1 Å². The highest BCUT2D eigenvalue weighted by molar-refractivity contribution is 8.00. The Morgan fingerprint density at radius 1 is 1.00 bits per heavy atom. The molecular weight excluding hydrogens is 843 g/mol. The number of β-lactam (4-membered cyclic amide) rings is 1. The molecule has 0 aliphatic carbocycles. The average molecular weight is 888 g/mol. The number of hydrogen-bond acceptors (Lipinski definition) is 13. The first-order valence-corrected chi connectivity index (χ1v) is 22.4. The van der Waals surface area contributed by atoms with Crippen LogP contribution in [0.3, 0.4) is 0 Å². The number of aromatic nitrogens is 1. The molecule has 0 saturated carbocycles. The number of rotatable bonds is 15. The molecule has 0 spiro atoms. The predicted octanol–water partition coefficient (Wildman–Crippen LogP) is 4.43. The second kappa shape index (κ2) is 18.8. The van der Waals surface area contributed by atoms with Crippen molar-refractivity contribution in [3.05, 3.63) is 154 Å². The number of carboxylic acid groups (broad SMARTS) is 1. The third kappa shape index (κ3) is 8.50. The van der Waals surface area contributed by atoms with Crippen molar-refractivity contribution in [2.45, 2.75) is 42.3 Å². The second-order valence-corrected chi connectivity index (χ2v) is 17.3. The number of allylic oxidation sites excluding steroid dienone is 1. The lowest BCUT2D eigenvalue weighted by atomic mass is 9.80. The SMILES string of the molecule is C=CCOC(=O)C(C1CCNCC1)N1CCC(=CC2=C(C(=O)O)N3C(=O)C(NC(=O)C(=NOC(c4ccccc4)(c4ccccc4)c4ccccc4)c4csc(N)n4)C3SC2)C1=O. The Labute approximate surface area is 371 Å². The number of benzene rings is 3. The maximum atomic E-state index is 14.4. The molecule has 3 amide bonds. The molecule has 4 aromatic rings. The molecule has 4 aliphatic heterocycles. The standard InChI is InChI=1S/C46H45N7O8S2/c1-2-24-60-44(59)38(28-18-21-48-22-19-28)52-23-20-29(40(52)55)25-30-26-62-42-36(41(56)53(42)37(30)43(57)58)50-39(54)35(34-27-63-45(47)49-34)51-61-46(31-12-6-3-7-13-31,32-14-8-4-9-15-32)33-16-10-5-11-17-33/h2-17,25,27-28,36,38,42,48H,1,18-24,26H2,(H2,47,49)(H,50,54)(H,57,58). The van der Waals surface area contributed by atoms with Gasteiger partial charge >= 0.3 is 11.9 Å². The lowest BCUT2D eigenvalue weighted by Crippen LogP contribution is -2.71. The van der Waals surface area contributed by atoms with Crippen LogP contribution < -0.4 is 16.4 Å². The molecular formula is C46H45N7O8S2. The molecule has 0 bridgehead atoms. The number of nitrogens with two attached hydrogens (primary N) is 1. The smallest absolute Gasteiger partial charge is 0.352 e. The molecule has 4 aliphatic rings. The average Bonchev–Trinajstić information content (AvgIpc) is 3.91. The van der Waals surface area contributed by atoms with Crippen molar-refractivity contribution in [2.24, 2.45) is 11.1 Å². The molecule has 0 radical (unpaired) electrons. The lowest BCUT2D eigenvalue weighted by Gasteiger charge is -2.49. The number of carbonyl (C=O) groups is 5. The topological polar surface area (TPSA) is 206 Å². The minimum absolute atomic E-state index is 0.0163. The molecule has 8 rings (SSSR count). The summed E-state index contributed by atoms with van der Waals surface area (Å²) in [4.78, 5) is 82.0. The van der Waals surface area contributed by atoms with Crippen LogP contribution in [0.5, 0.6) is 0 Å². The van der Waals surface area contributed by atoms with Crippen LogP contribution in [0.15, 0.2) is 137 Å². The number of likely N-dealkylation sites (tertiary alicyclic amines) is 1. The maximum absolute atomic E-state index is 14.4. The number of nitrogen functional groups attached to an aromatic ring is 1. The quantitative estimate of drug-likeness (QED) is 0.0249. The summed E-state index contributed by atoms with van der Waals surface area (Å²) in [6, 6.07) is 26.4. The molecule has 15 nitrogen and oxygen atoms in total. The number of nitrogens with one attached hydrogen (secondary N) is 2. The fourth-order valence-corrected chi connectivity index (χ4v) is 10.4. The number of amides is 3. The largest absolute Gasteiger partial charge is 0.477 e. The number of anilines is 1. The Hall–Kier alpha value is -6.56. The number of esters is 1. The zero-order valence-corrected chi connectivity index (χ0v) is 35.7. The van der Waals surface area contributed by atoms with Gasteiger partial charge in [-0.25, -0.2) is 14.6 Å². The Morgan fingerprint density at radius 2 is 1.62 bits per heavy atom. The van der Waals surface area contributed by atoms with E-state index in [4.69, 9.17) is 15.3 Å². The zero-order chi connectivity index (χ0) is 44.1. The number of oxime groups is 1. The molecule has 3 fully saturated rings. The van der Waals surface area contributed by atoms with Gasteiger partial charge in [-0.15, -0.1) is 23.1 Å². The summed E-state index contributed by atoms with van der Waals surface area (Å²) in [5.41, 5.74) is 7.06. The number of ether oxygens (including phenoxy) is 1. The van der Waals surface area contributed by atoms with Crippen LogP contribution in [0.1, 0.15) is 41.6 Å². The molecule has 5 N–H and O–H groups in total. The normalized spacial score (nSPS) is 20.5. The first-order valence-electron chi connectivity index (χ1n) is 20.5. The summed E-state index contributed by atoms with van der Waals surface area (Å²) in [6.45, 7) is 5.31. The Morgan fingerprint density at radius 3 is 2.17 bits per heavy atom. The number of carbonyl (C=O) groups excluding carboxylic acids is 4. The number of hydrogen-bond donors (Lipinski definition) is 4. The van der Waals surface area contributed by atoms with Gasteiger partial charge in [-0.2, -0.15) is 0 Å². The van der Waals surface area contributed by atoms with Crippen molar-refractivity contribution in [1.82, 2.24) is 25.4 Å². The summed E-state index contributed by atoms with van der Waals surface area (Å²) >= 11 is 2.35. The molecule has 3 saturated heterocycles. The van der Waals surface area contributed by atoms with E-state index in [1.165, 1.54) is 28.8 Å². The van der Waals surface area contributed by atoms with Crippen LogP contribution >= 0.6 is 23.1 Å². The number of thioether (sulfide) groups is 1. The number of fused-ring (bicyclic) bond motifs is 1. The van der Waals surface area contributed by atoms with Crippen LogP contribution in [0.2, 0.25) is 0 Å². The monoisotopic (exact) mass is 887 g/mol. The molecule has 1 aromatic heterocycles. The Kier molecular flexibility index (Phi) is 12.9. The van der Waals surface area contributed by atoms with Gasteiger partial charge < -0.3 is 35.9 Å². The second-order valence-electron chi connectivity index (χ2n) is 15.3. The van der Waals surface area contributed by atoms with E-state index in [1.807, 2.05) is 91.0 Å². The van der Waals surface area contributed by atoms with Gasteiger partial charge in [0, 0.05) is 39.9 Å². The minimum atomic E-state index is -1.36. The van der Waals surface area contributed by atoms with E-state index in [1.54, 1.807) is 5.38 Å². The minimum Gasteiger partial charge on any atom is -0.477 e. The van der Waals surface area contributed by atoms with Gasteiger partial charge in [0.1, 0.15) is 35.5 Å². The third-order valence-electron chi connectivity index (χ3n) is 11.5. The number of thiazole rings is 1. The molecule has 17 heteroatoms. The van der Waals surface area contributed by atoms with Crippen molar-refractivity contribution in [1.29, 1.82) is 0 Å². The molecule has 3 atom stereocenters. The number of piperidine rings is 1. The van der Waals surface area contributed by atoms with E-state index in [0.29, 0.717) is 31.5 Å². The zero-order valence-electron chi connectivity index (χ0n) is 34.1. The summed E-state index contributed by atoms with van der Waals surface area (Å²) in [7, 11) is 0. The predicted molar refractivity (Wildman–Crippen MR) is 238 cm³/mol. The number of carboxylic acids is 1. The van der Waals surface area contributed by atoms with E-state index < -0.39 is 46.8 Å². The van der Waals surface area contributed by atoms with Gasteiger partial charge in [-0.3, -0.25) is 19.3 Å². The van der Waals surface area contributed by atoms with E-state index in [0.717, 1.165) is 32.9 Å². The van der Waals surface area contributed by atoms with E-state index in [2.05, 4.69) is 27.4 Å². The lowest BCUT2D eigenvalue weighted by molar-refractivity contribution is -0.155. The summed E-state index contributed by atoms with van der Waals surface area (Å²) in [5.74, 6) is -3.68. The van der Waals surface area contributed by atoms with Crippen molar-refractivity contribution in [3.8, 4) is 0 Å². The molecule has 3 unspecified atom stereocenters. The van der Waals surface area contributed by atoms with E-state index >= 15 is 0 Å². The van der Waals surface area contributed by atoms with Crippen LogP contribution in [-0.4, -0.2) is 105 Å². The molecule has 63 heavy (non-hydrogen) atoms. The van der Waals surface area contributed by atoms with Gasteiger partial charge in [0.05, 0.1) is 0 Å². The highest BCUT2D eigenvalue weighted by atomic mass is 32.2. The third-order valence-corrected chi connectivity index (χ3v) is 13.5. The maximum Gasteiger partial charge on any atom is 0.352 e. The highest BCUT2D eigenvalue weighted by Gasteiger charge is 2.55. The van der Waals surface area contributed by atoms with Crippen LogP contribution in [0, 0.1) is 5.92 Å². The Balaban J connectivity index is 1.06. The van der Waals surface area contributed by atoms with E-state index in [-0.39, 0.29) is 65.0 Å². The number of nitrogens with zero attached hydrogens (tertiary/aromatic N) is 4. The van der Waals surface area contributed by atoms with Crippen molar-refractivity contribution in [3.63, 3.8) is 0 Å².